The van der Waals surface area contributed by atoms with Gasteiger partial charge >= 0.3 is 0 Å². The lowest BCUT2D eigenvalue weighted by Gasteiger charge is -2.10. The summed E-state index contributed by atoms with van der Waals surface area (Å²) in [6, 6.07) is 23.6. The second-order valence-corrected chi connectivity index (χ2v) is 6.98. The lowest BCUT2D eigenvalue weighted by atomic mass is 10.1. The van der Waals surface area contributed by atoms with Gasteiger partial charge in [-0.15, -0.1) is 0 Å². The number of aromatic nitrogens is 4. The average Bonchev–Trinajstić information content (AvgIpc) is 3.29. The Morgan fingerprint density at radius 2 is 1.72 bits per heavy atom. The predicted molar refractivity (Wildman–Crippen MR) is 120 cm³/mol. The van der Waals surface area contributed by atoms with Gasteiger partial charge in [0, 0.05) is 17.8 Å². The second kappa shape index (κ2) is 8.31. The Balaban J connectivity index is 1.39. The molecule has 7 heteroatoms. The normalized spacial score (nSPS) is 10.8. The van der Waals surface area contributed by atoms with Crippen molar-refractivity contribution in [1.29, 1.82) is 0 Å². The topological polar surface area (TPSA) is 90.0 Å². The molecule has 0 saturated carbocycles. The fourth-order valence-electron chi connectivity index (χ4n) is 3.33. The van der Waals surface area contributed by atoms with E-state index in [-0.39, 0.29) is 5.78 Å². The number of methoxy groups -OCH3 is 1. The largest absolute Gasteiger partial charge is 0.481 e. The number of H-pyrrole nitrogens is 1. The molecule has 0 aliphatic rings. The van der Waals surface area contributed by atoms with Crippen LogP contribution in [0.5, 0.6) is 17.5 Å². The minimum absolute atomic E-state index is 0.188. The van der Waals surface area contributed by atoms with Gasteiger partial charge in [0.05, 0.1) is 29.4 Å². The monoisotopic (exact) mass is 422 g/mol. The molecule has 0 saturated heterocycles. The van der Waals surface area contributed by atoms with Crippen molar-refractivity contribution in [2.24, 2.45) is 0 Å². The van der Waals surface area contributed by atoms with Crippen molar-refractivity contribution in [3.05, 3.63) is 96.4 Å². The number of carbonyl (C=O) groups is 1. The van der Waals surface area contributed by atoms with E-state index in [0.717, 1.165) is 16.6 Å². The van der Waals surface area contributed by atoms with Gasteiger partial charge in [-0.2, -0.15) is 0 Å². The zero-order chi connectivity index (χ0) is 21.9. The highest BCUT2D eigenvalue weighted by molar-refractivity contribution is 6.08. The third-order valence-corrected chi connectivity index (χ3v) is 4.92. The van der Waals surface area contributed by atoms with E-state index in [2.05, 4.69) is 19.9 Å². The van der Waals surface area contributed by atoms with Gasteiger partial charge in [-0.3, -0.25) is 4.79 Å². The molecule has 0 fully saturated rings. The SMILES string of the molecule is COc1cccc(-c2cccnc2Oc2ccc(C(=O)c3nc4ccccc4[nH]3)cc2)n1. The van der Waals surface area contributed by atoms with Crippen LogP contribution in [0.1, 0.15) is 16.2 Å². The number of pyridine rings is 2. The molecule has 0 radical (unpaired) electrons. The van der Waals surface area contributed by atoms with Crippen LogP contribution in [0.25, 0.3) is 22.3 Å². The molecule has 5 aromatic rings. The molecule has 2 aromatic carbocycles. The second-order valence-electron chi connectivity index (χ2n) is 6.98. The Hall–Kier alpha value is -4.52. The molecule has 7 nitrogen and oxygen atoms in total. The number of hydrogen-bond acceptors (Lipinski definition) is 6. The maximum atomic E-state index is 12.8. The van der Waals surface area contributed by atoms with Crippen molar-refractivity contribution >= 4 is 16.8 Å². The van der Waals surface area contributed by atoms with Crippen LogP contribution in [-0.2, 0) is 0 Å². The van der Waals surface area contributed by atoms with E-state index in [0.29, 0.717) is 34.6 Å². The molecular weight excluding hydrogens is 404 g/mol. The molecule has 1 N–H and O–H groups in total. The number of aromatic amines is 1. The van der Waals surface area contributed by atoms with Crippen molar-refractivity contribution in [3.63, 3.8) is 0 Å². The standard InChI is InChI=1S/C25H18N4O3/c1-31-22-10-4-9-19(27-22)18-6-5-15-26-25(18)32-17-13-11-16(12-14-17)23(30)24-28-20-7-2-3-8-21(20)29-24/h2-15H,1H3,(H,28,29). The van der Waals surface area contributed by atoms with Gasteiger partial charge in [0.1, 0.15) is 5.75 Å². The van der Waals surface area contributed by atoms with Crippen molar-refractivity contribution < 1.29 is 14.3 Å². The molecule has 3 heterocycles. The number of fused-ring (bicyclic) bond motifs is 1. The van der Waals surface area contributed by atoms with Gasteiger partial charge in [0.2, 0.25) is 17.5 Å². The first-order valence-electron chi connectivity index (χ1n) is 9.95. The van der Waals surface area contributed by atoms with E-state index >= 15 is 0 Å². The van der Waals surface area contributed by atoms with Gasteiger partial charge in [-0.1, -0.05) is 18.2 Å². The molecule has 156 valence electrons. The molecule has 32 heavy (non-hydrogen) atoms. The quantitative estimate of drug-likeness (QED) is 0.385. The number of nitrogens with zero attached hydrogens (tertiary/aromatic N) is 3. The van der Waals surface area contributed by atoms with E-state index in [1.807, 2.05) is 48.5 Å². The third kappa shape index (κ3) is 3.79. The number of ketones is 1. The summed E-state index contributed by atoms with van der Waals surface area (Å²) >= 11 is 0. The summed E-state index contributed by atoms with van der Waals surface area (Å²) in [6.07, 6.45) is 1.65. The molecular formula is C25H18N4O3. The van der Waals surface area contributed by atoms with E-state index in [9.17, 15) is 4.79 Å². The van der Waals surface area contributed by atoms with Gasteiger partial charge in [0.25, 0.3) is 0 Å². The number of benzene rings is 2. The Kier molecular flexibility index (Phi) is 5.05. The number of nitrogens with one attached hydrogen (secondary N) is 1. The van der Waals surface area contributed by atoms with Crippen LogP contribution in [0.3, 0.4) is 0 Å². The number of carbonyl (C=O) groups excluding carboxylic acids is 1. The van der Waals surface area contributed by atoms with E-state index in [1.165, 1.54) is 0 Å². The van der Waals surface area contributed by atoms with Gasteiger partial charge in [-0.25, -0.2) is 15.0 Å². The third-order valence-electron chi connectivity index (χ3n) is 4.92. The summed E-state index contributed by atoms with van der Waals surface area (Å²) < 4.78 is 11.2. The summed E-state index contributed by atoms with van der Waals surface area (Å²) in [6.45, 7) is 0. The van der Waals surface area contributed by atoms with E-state index in [1.54, 1.807) is 43.6 Å². The van der Waals surface area contributed by atoms with Crippen LogP contribution in [0.4, 0.5) is 0 Å². The zero-order valence-corrected chi connectivity index (χ0v) is 17.1. The van der Waals surface area contributed by atoms with Crippen LogP contribution in [0, 0.1) is 0 Å². The highest BCUT2D eigenvalue weighted by atomic mass is 16.5. The lowest BCUT2D eigenvalue weighted by Crippen LogP contribution is -2.03. The maximum Gasteiger partial charge on any atom is 0.228 e. The van der Waals surface area contributed by atoms with Crippen LogP contribution >= 0.6 is 0 Å². The number of ether oxygens (including phenoxy) is 2. The van der Waals surface area contributed by atoms with Crippen LogP contribution < -0.4 is 9.47 Å². The van der Waals surface area contributed by atoms with Gasteiger partial charge < -0.3 is 14.5 Å². The van der Waals surface area contributed by atoms with E-state index < -0.39 is 0 Å². The first kappa shape index (κ1) is 19.4. The van der Waals surface area contributed by atoms with Crippen LogP contribution in [0.15, 0.2) is 85.1 Å². The Morgan fingerprint density at radius 1 is 0.875 bits per heavy atom. The number of para-hydroxylation sites is 2. The van der Waals surface area contributed by atoms with Crippen molar-refractivity contribution in [3.8, 4) is 28.8 Å². The molecule has 5 rings (SSSR count). The molecule has 0 atom stereocenters. The average molecular weight is 422 g/mol. The Bertz CT molecular complexity index is 1380. The van der Waals surface area contributed by atoms with Crippen molar-refractivity contribution in [2.75, 3.05) is 7.11 Å². The first-order valence-corrected chi connectivity index (χ1v) is 9.95. The number of hydrogen-bond donors (Lipinski definition) is 1. The summed E-state index contributed by atoms with van der Waals surface area (Å²) in [5.74, 6) is 1.58. The Morgan fingerprint density at radius 3 is 2.53 bits per heavy atom. The number of rotatable bonds is 6. The maximum absolute atomic E-state index is 12.8. The Labute approximate surface area is 183 Å². The molecule has 0 amide bonds. The molecule has 0 aliphatic carbocycles. The van der Waals surface area contributed by atoms with E-state index in [4.69, 9.17) is 9.47 Å². The van der Waals surface area contributed by atoms with Gasteiger partial charge in [-0.05, 0) is 54.6 Å². The summed E-state index contributed by atoms with van der Waals surface area (Å²) in [5.41, 5.74) is 3.50. The molecule has 0 unspecified atom stereocenters. The molecule has 0 spiro atoms. The van der Waals surface area contributed by atoms with Crippen LogP contribution in [-0.4, -0.2) is 32.8 Å². The highest BCUT2D eigenvalue weighted by Gasteiger charge is 2.15. The van der Waals surface area contributed by atoms with Crippen LogP contribution in [0.2, 0.25) is 0 Å². The highest BCUT2D eigenvalue weighted by Crippen LogP contribution is 2.31. The fraction of sp³-hybridized carbons (Fsp3) is 0.0400. The minimum atomic E-state index is -0.188. The summed E-state index contributed by atoms with van der Waals surface area (Å²) in [7, 11) is 1.57. The van der Waals surface area contributed by atoms with Crippen molar-refractivity contribution in [2.45, 2.75) is 0 Å². The number of imidazole rings is 1. The predicted octanol–water partition coefficient (Wildman–Crippen LogP) is 5.05. The smallest absolute Gasteiger partial charge is 0.228 e. The lowest BCUT2D eigenvalue weighted by molar-refractivity contribution is 0.103. The zero-order valence-electron chi connectivity index (χ0n) is 17.1. The first-order chi connectivity index (χ1) is 15.7. The fourth-order valence-corrected chi connectivity index (χ4v) is 3.33. The molecule has 0 aliphatic heterocycles. The minimum Gasteiger partial charge on any atom is -0.481 e. The molecule has 3 aromatic heterocycles. The molecule has 0 bridgehead atoms. The van der Waals surface area contributed by atoms with Crippen molar-refractivity contribution in [1.82, 2.24) is 19.9 Å². The summed E-state index contributed by atoms with van der Waals surface area (Å²) in [4.78, 5) is 29.1. The summed E-state index contributed by atoms with van der Waals surface area (Å²) in [5, 5.41) is 0. The van der Waals surface area contributed by atoms with Gasteiger partial charge in [0.15, 0.2) is 5.82 Å².